The van der Waals surface area contributed by atoms with E-state index in [0.29, 0.717) is 11.5 Å². The summed E-state index contributed by atoms with van der Waals surface area (Å²) in [6.07, 6.45) is 8.60. The second-order valence-corrected chi connectivity index (χ2v) is 8.33. The number of likely N-dealkylation sites (N-methyl/N-ethyl adjacent to an activating group) is 1. The van der Waals surface area contributed by atoms with E-state index in [1.165, 1.54) is 38.5 Å². The molecule has 4 saturated carbocycles. The number of rotatable bonds is 6. The molecular weight excluding hydrogens is 248 g/mol. The van der Waals surface area contributed by atoms with E-state index in [1.54, 1.807) is 0 Å². The molecule has 0 heterocycles. The second-order valence-electron chi connectivity index (χ2n) is 8.33. The molecule has 0 aliphatic heterocycles. The zero-order chi connectivity index (χ0) is 14.3. The average Bonchev–Trinajstić information content (AvgIpc) is 2.33. The third-order valence-electron chi connectivity index (χ3n) is 6.24. The third kappa shape index (κ3) is 2.90. The molecule has 3 nitrogen and oxygen atoms in total. The summed E-state index contributed by atoms with van der Waals surface area (Å²) < 4.78 is 0. The Morgan fingerprint density at radius 2 is 1.60 bits per heavy atom. The van der Waals surface area contributed by atoms with Gasteiger partial charge in [-0.1, -0.05) is 0 Å². The number of aliphatic hydroxyl groups excluding tert-OH is 1. The van der Waals surface area contributed by atoms with E-state index < -0.39 is 0 Å². The minimum Gasteiger partial charge on any atom is -0.390 e. The molecule has 4 aliphatic rings. The zero-order valence-electron chi connectivity index (χ0n) is 13.4. The van der Waals surface area contributed by atoms with Gasteiger partial charge in [0.2, 0.25) is 0 Å². The van der Waals surface area contributed by atoms with Crippen molar-refractivity contribution in [2.24, 2.45) is 23.2 Å². The molecule has 4 rings (SSSR count). The third-order valence-corrected chi connectivity index (χ3v) is 6.24. The van der Waals surface area contributed by atoms with Crippen LogP contribution in [-0.2, 0) is 0 Å². The van der Waals surface area contributed by atoms with Crippen molar-refractivity contribution in [2.45, 2.75) is 57.6 Å². The fourth-order valence-electron chi connectivity index (χ4n) is 5.72. The summed E-state index contributed by atoms with van der Waals surface area (Å²) in [5, 5.41) is 13.7. The summed E-state index contributed by atoms with van der Waals surface area (Å²) in [4.78, 5) is 2.06. The van der Waals surface area contributed by atoms with E-state index in [4.69, 9.17) is 0 Å². The molecule has 4 aliphatic carbocycles. The molecule has 0 aromatic heterocycles. The summed E-state index contributed by atoms with van der Waals surface area (Å²) in [6, 6.07) is 0.563. The lowest BCUT2D eigenvalue weighted by molar-refractivity contribution is -0.0717. The van der Waals surface area contributed by atoms with E-state index in [1.807, 2.05) is 14.1 Å². The maximum atomic E-state index is 10.0. The van der Waals surface area contributed by atoms with Gasteiger partial charge in [-0.3, -0.25) is 0 Å². The Labute approximate surface area is 124 Å². The standard InChI is InChI=1S/C17H32N2O/c1-12(18-10-16(20)11-19(2)3)17-7-13-4-14(8-17)6-15(5-13)9-17/h12-16,18,20H,4-11H2,1-3H3. The fourth-order valence-corrected chi connectivity index (χ4v) is 5.72. The van der Waals surface area contributed by atoms with Gasteiger partial charge in [0.25, 0.3) is 0 Å². The number of hydrogen-bond donors (Lipinski definition) is 2. The van der Waals surface area contributed by atoms with Gasteiger partial charge in [-0.2, -0.15) is 0 Å². The first-order chi connectivity index (χ1) is 9.47. The molecule has 116 valence electrons. The van der Waals surface area contributed by atoms with Gasteiger partial charge in [0.1, 0.15) is 0 Å². The Kier molecular flexibility index (Phi) is 4.13. The molecule has 0 spiro atoms. The van der Waals surface area contributed by atoms with E-state index in [-0.39, 0.29) is 6.10 Å². The molecular formula is C17H32N2O. The first kappa shape index (κ1) is 14.8. The first-order valence-electron chi connectivity index (χ1n) is 8.53. The molecule has 0 saturated heterocycles. The normalized spacial score (nSPS) is 42.1. The summed E-state index contributed by atoms with van der Waals surface area (Å²) >= 11 is 0. The smallest absolute Gasteiger partial charge is 0.0791 e. The molecule has 0 aromatic rings. The van der Waals surface area contributed by atoms with Crippen LogP contribution in [-0.4, -0.2) is 49.3 Å². The predicted molar refractivity (Wildman–Crippen MR) is 82.6 cm³/mol. The van der Waals surface area contributed by atoms with Gasteiger partial charge in [-0.05, 0) is 82.7 Å². The van der Waals surface area contributed by atoms with E-state index in [2.05, 4.69) is 17.1 Å². The molecule has 20 heavy (non-hydrogen) atoms. The number of nitrogens with zero attached hydrogens (tertiary/aromatic N) is 1. The van der Waals surface area contributed by atoms with Gasteiger partial charge in [0.15, 0.2) is 0 Å². The highest BCUT2D eigenvalue weighted by atomic mass is 16.3. The Balaban J connectivity index is 1.55. The van der Waals surface area contributed by atoms with Crippen LogP contribution in [0.25, 0.3) is 0 Å². The van der Waals surface area contributed by atoms with Crippen molar-refractivity contribution in [1.82, 2.24) is 10.2 Å². The Hall–Kier alpha value is -0.120. The highest BCUT2D eigenvalue weighted by molar-refractivity contribution is 5.05. The van der Waals surface area contributed by atoms with Crippen LogP contribution in [0.15, 0.2) is 0 Å². The van der Waals surface area contributed by atoms with Crippen LogP contribution in [0, 0.1) is 23.2 Å². The van der Waals surface area contributed by atoms with Crippen LogP contribution >= 0.6 is 0 Å². The van der Waals surface area contributed by atoms with Crippen molar-refractivity contribution < 1.29 is 5.11 Å². The Morgan fingerprint density at radius 3 is 2.05 bits per heavy atom. The first-order valence-corrected chi connectivity index (χ1v) is 8.53. The lowest BCUT2D eigenvalue weighted by atomic mass is 9.48. The Morgan fingerprint density at radius 1 is 1.10 bits per heavy atom. The molecule has 4 fully saturated rings. The van der Waals surface area contributed by atoms with Crippen molar-refractivity contribution in [3.63, 3.8) is 0 Å². The van der Waals surface area contributed by atoms with Gasteiger partial charge in [0.05, 0.1) is 6.10 Å². The summed E-state index contributed by atoms with van der Waals surface area (Å²) in [5.41, 5.74) is 0.548. The van der Waals surface area contributed by atoms with E-state index >= 15 is 0 Å². The minimum atomic E-state index is -0.249. The molecule has 0 aromatic carbocycles. The molecule has 2 atom stereocenters. The number of hydrogen-bond acceptors (Lipinski definition) is 3. The second kappa shape index (κ2) is 5.58. The van der Waals surface area contributed by atoms with Crippen molar-refractivity contribution in [3.05, 3.63) is 0 Å². The molecule has 0 radical (unpaired) electrons. The summed E-state index contributed by atoms with van der Waals surface area (Å²) in [5.74, 6) is 3.03. The van der Waals surface area contributed by atoms with Crippen LogP contribution in [0.4, 0.5) is 0 Å². The average molecular weight is 280 g/mol. The monoisotopic (exact) mass is 280 g/mol. The Bertz CT molecular complexity index is 307. The maximum absolute atomic E-state index is 10.0. The van der Waals surface area contributed by atoms with Crippen LogP contribution in [0.3, 0.4) is 0 Å². The molecule has 4 bridgehead atoms. The van der Waals surface area contributed by atoms with Crippen LogP contribution in [0.1, 0.15) is 45.4 Å². The molecule has 0 amide bonds. The van der Waals surface area contributed by atoms with Gasteiger partial charge >= 0.3 is 0 Å². The summed E-state index contributed by atoms with van der Waals surface area (Å²) in [7, 11) is 4.04. The van der Waals surface area contributed by atoms with Crippen molar-refractivity contribution in [1.29, 1.82) is 0 Å². The van der Waals surface area contributed by atoms with E-state index in [9.17, 15) is 5.11 Å². The SMILES string of the molecule is CC(NCC(O)CN(C)C)C12CC3CC(CC(C3)C1)C2. The highest BCUT2D eigenvalue weighted by Crippen LogP contribution is 2.61. The molecule has 2 N–H and O–H groups in total. The largest absolute Gasteiger partial charge is 0.390 e. The van der Waals surface area contributed by atoms with Crippen molar-refractivity contribution in [2.75, 3.05) is 27.2 Å². The van der Waals surface area contributed by atoms with Crippen molar-refractivity contribution in [3.8, 4) is 0 Å². The topological polar surface area (TPSA) is 35.5 Å². The van der Waals surface area contributed by atoms with E-state index in [0.717, 1.165) is 30.8 Å². The van der Waals surface area contributed by atoms with Crippen LogP contribution in [0.2, 0.25) is 0 Å². The van der Waals surface area contributed by atoms with Gasteiger partial charge in [-0.25, -0.2) is 0 Å². The summed E-state index contributed by atoms with van der Waals surface area (Å²) in [6.45, 7) is 3.86. The van der Waals surface area contributed by atoms with Gasteiger partial charge in [0, 0.05) is 19.1 Å². The molecule has 3 heteroatoms. The molecule has 2 unspecified atom stereocenters. The van der Waals surface area contributed by atoms with Crippen LogP contribution < -0.4 is 5.32 Å². The highest BCUT2D eigenvalue weighted by Gasteiger charge is 2.52. The zero-order valence-corrected chi connectivity index (χ0v) is 13.4. The quantitative estimate of drug-likeness (QED) is 0.782. The number of nitrogens with one attached hydrogen (secondary N) is 1. The fraction of sp³-hybridized carbons (Fsp3) is 1.00. The minimum absolute atomic E-state index is 0.249. The predicted octanol–water partition coefficient (Wildman–Crippen LogP) is 2.10. The van der Waals surface area contributed by atoms with Crippen molar-refractivity contribution >= 4 is 0 Å². The lowest BCUT2D eigenvalue weighted by Crippen LogP contribution is -2.56. The van der Waals surface area contributed by atoms with Crippen LogP contribution in [0.5, 0.6) is 0 Å². The van der Waals surface area contributed by atoms with Gasteiger partial charge < -0.3 is 15.3 Å². The maximum Gasteiger partial charge on any atom is 0.0791 e. The number of aliphatic hydroxyl groups is 1. The van der Waals surface area contributed by atoms with Gasteiger partial charge in [-0.15, -0.1) is 0 Å². The lowest BCUT2D eigenvalue weighted by Gasteiger charge is -2.59.